The number of piperidine rings is 1. The second-order valence-electron chi connectivity index (χ2n) is 7.57. The number of hydrogen-bond acceptors (Lipinski definition) is 6. The van der Waals surface area contributed by atoms with Crippen LogP contribution in [0.5, 0.6) is 5.88 Å². The lowest BCUT2D eigenvalue weighted by Crippen LogP contribution is -2.41. The number of aromatic nitrogens is 3. The molecule has 1 amide bonds. The molecule has 148 valence electrons. The van der Waals surface area contributed by atoms with Crippen molar-refractivity contribution in [1.82, 2.24) is 19.9 Å². The molecule has 2 aliphatic rings. The van der Waals surface area contributed by atoms with Crippen molar-refractivity contribution in [1.29, 1.82) is 0 Å². The van der Waals surface area contributed by atoms with Crippen LogP contribution in [0.3, 0.4) is 0 Å². The van der Waals surface area contributed by atoms with Crippen molar-refractivity contribution in [2.45, 2.75) is 32.7 Å². The number of aromatic amines is 1. The lowest BCUT2D eigenvalue weighted by atomic mass is 10.0. The first-order chi connectivity index (χ1) is 13.5. The fourth-order valence-corrected chi connectivity index (χ4v) is 3.93. The van der Waals surface area contributed by atoms with E-state index in [2.05, 4.69) is 21.8 Å². The van der Waals surface area contributed by atoms with Gasteiger partial charge in [-0.15, -0.1) is 0 Å². The van der Waals surface area contributed by atoms with Gasteiger partial charge >= 0.3 is 0 Å². The van der Waals surface area contributed by atoms with Crippen LogP contribution in [-0.2, 0) is 13.0 Å². The SMILES string of the molecule is COc1ccc(C(=O)N2CCc3nc(N4CCC[C@H](C)C4)[nH]c(=O)c3C2)cn1. The molecular formula is C20H25N5O3. The maximum Gasteiger partial charge on any atom is 0.257 e. The van der Waals surface area contributed by atoms with Crippen LogP contribution in [-0.4, -0.2) is 52.5 Å². The van der Waals surface area contributed by atoms with E-state index in [0.717, 1.165) is 25.2 Å². The van der Waals surface area contributed by atoms with Gasteiger partial charge in [0, 0.05) is 38.3 Å². The summed E-state index contributed by atoms with van der Waals surface area (Å²) in [6.45, 7) is 4.85. The van der Waals surface area contributed by atoms with Crippen LogP contribution in [0.25, 0.3) is 0 Å². The van der Waals surface area contributed by atoms with E-state index in [1.807, 2.05) is 0 Å². The third-order valence-electron chi connectivity index (χ3n) is 5.49. The number of nitrogens with zero attached hydrogens (tertiary/aromatic N) is 4. The van der Waals surface area contributed by atoms with Gasteiger partial charge in [0.15, 0.2) is 0 Å². The van der Waals surface area contributed by atoms with E-state index in [1.165, 1.54) is 19.7 Å². The minimum atomic E-state index is -0.149. The Hall–Kier alpha value is -2.90. The van der Waals surface area contributed by atoms with Crippen molar-refractivity contribution in [2.24, 2.45) is 5.92 Å². The van der Waals surface area contributed by atoms with Crippen LogP contribution in [0.2, 0.25) is 0 Å². The summed E-state index contributed by atoms with van der Waals surface area (Å²) < 4.78 is 5.03. The van der Waals surface area contributed by atoms with Crippen LogP contribution in [0.4, 0.5) is 5.95 Å². The number of rotatable bonds is 3. The summed E-state index contributed by atoms with van der Waals surface area (Å²) in [6.07, 6.45) is 4.40. The maximum atomic E-state index is 12.8. The summed E-state index contributed by atoms with van der Waals surface area (Å²) >= 11 is 0. The summed E-state index contributed by atoms with van der Waals surface area (Å²) in [7, 11) is 1.53. The molecule has 0 unspecified atom stereocenters. The quantitative estimate of drug-likeness (QED) is 0.866. The fourth-order valence-electron chi connectivity index (χ4n) is 3.93. The highest BCUT2D eigenvalue weighted by Crippen LogP contribution is 2.22. The molecule has 1 atom stereocenters. The van der Waals surface area contributed by atoms with Crippen molar-refractivity contribution >= 4 is 11.9 Å². The predicted octanol–water partition coefficient (Wildman–Crippen LogP) is 1.61. The molecule has 8 nitrogen and oxygen atoms in total. The average molecular weight is 383 g/mol. The highest BCUT2D eigenvalue weighted by Gasteiger charge is 2.27. The van der Waals surface area contributed by atoms with E-state index >= 15 is 0 Å². The summed E-state index contributed by atoms with van der Waals surface area (Å²) in [5.74, 6) is 1.57. The number of methoxy groups -OCH3 is 1. The van der Waals surface area contributed by atoms with Gasteiger partial charge in [0.2, 0.25) is 11.8 Å². The number of amides is 1. The smallest absolute Gasteiger partial charge is 0.257 e. The molecule has 0 bridgehead atoms. The zero-order chi connectivity index (χ0) is 19.7. The third-order valence-corrected chi connectivity index (χ3v) is 5.49. The van der Waals surface area contributed by atoms with Gasteiger partial charge in [-0.25, -0.2) is 9.97 Å². The molecule has 1 N–H and O–H groups in total. The molecule has 0 aliphatic carbocycles. The van der Waals surface area contributed by atoms with Crippen LogP contribution in [0.1, 0.15) is 41.4 Å². The molecule has 2 aromatic heterocycles. The Morgan fingerprint density at radius 2 is 2.18 bits per heavy atom. The van der Waals surface area contributed by atoms with Crippen molar-refractivity contribution in [3.63, 3.8) is 0 Å². The Balaban J connectivity index is 1.53. The van der Waals surface area contributed by atoms with Gasteiger partial charge in [-0.1, -0.05) is 6.92 Å². The van der Waals surface area contributed by atoms with Crippen LogP contribution < -0.4 is 15.2 Å². The normalized spacial score (nSPS) is 19.3. The lowest BCUT2D eigenvalue weighted by molar-refractivity contribution is 0.0732. The van der Waals surface area contributed by atoms with Crippen molar-refractivity contribution in [3.05, 3.63) is 45.5 Å². The topological polar surface area (TPSA) is 91.4 Å². The third kappa shape index (κ3) is 3.58. The van der Waals surface area contributed by atoms with Gasteiger partial charge in [-0.2, -0.15) is 0 Å². The average Bonchev–Trinajstić information content (AvgIpc) is 2.73. The van der Waals surface area contributed by atoms with Gasteiger partial charge in [0.05, 0.1) is 30.5 Å². The maximum absolute atomic E-state index is 12.8. The number of carbonyl (C=O) groups excluding carboxylic acids is 1. The molecule has 0 aromatic carbocycles. The zero-order valence-corrected chi connectivity index (χ0v) is 16.3. The fraction of sp³-hybridized carbons (Fsp3) is 0.500. The molecular weight excluding hydrogens is 358 g/mol. The molecule has 2 aliphatic heterocycles. The first-order valence-corrected chi connectivity index (χ1v) is 9.71. The number of fused-ring (bicyclic) bond motifs is 1. The summed E-state index contributed by atoms with van der Waals surface area (Å²) in [5, 5.41) is 0. The first-order valence-electron chi connectivity index (χ1n) is 9.71. The van der Waals surface area contributed by atoms with Crippen LogP contribution >= 0.6 is 0 Å². The van der Waals surface area contributed by atoms with Crippen molar-refractivity contribution in [2.75, 3.05) is 31.6 Å². The molecule has 1 fully saturated rings. The minimum Gasteiger partial charge on any atom is -0.481 e. The molecule has 1 saturated heterocycles. The van der Waals surface area contributed by atoms with Gasteiger partial charge in [0.25, 0.3) is 11.5 Å². The molecule has 4 rings (SSSR count). The van der Waals surface area contributed by atoms with Gasteiger partial charge in [-0.05, 0) is 24.8 Å². The van der Waals surface area contributed by atoms with E-state index in [9.17, 15) is 9.59 Å². The van der Waals surface area contributed by atoms with Crippen molar-refractivity contribution in [3.8, 4) is 5.88 Å². The van der Waals surface area contributed by atoms with E-state index < -0.39 is 0 Å². The van der Waals surface area contributed by atoms with Gasteiger partial charge in [-0.3, -0.25) is 14.6 Å². The van der Waals surface area contributed by atoms with Crippen LogP contribution in [0, 0.1) is 5.92 Å². The monoisotopic (exact) mass is 383 g/mol. The Bertz CT molecular complexity index is 924. The predicted molar refractivity (Wildman–Crippen MR) is 105 cm³/mol. The summed E-state index contributed by atoms with van der Waals surface area (Å²) in [4.78, 5) is 41.1. The minimum absolute atomic E-state index is 0.144. The second-order valence-corrected chi connectivity index (χ2v) is 7.57. The van der Waals surface area contributed by atoms with Crippen molar-refractivity contribution < 1.29 is 9.53 Å². The van der Waals surface area contributed by atoms with Crippen LogP contribution in [0.15, 0.2) is 23.1 Å². The number of ether oxygens (including phenoxy) is 1. The Kier molecular flexibility index (Phi) is 5.02. The molecule has 4 heterocycles. The molecule has 0 radical (unpaired) electrons. The number of carbonyl (C=O) groups is 1. The highest BCUT2D eigenvalue weighted by molar-refractivity contribution is 5.94. The molecule has 0 saturated carbocycles. The molecule has 2 aromatic rings. The Morgan fingerprint density at radius 3 is 2.89 bits per heavy atom. The largest absolute Gasteiger partial charge is 0.481 e. The van der Waals surface area contributed by atoms with E-state index in [1.54, 1.807) is 17.0 Å². The van der Waals surface area contributed by atoms with E-state index in [-0.39, 0.29) is 18.0 Å². The summed E-state index contributed by atoms with van der Waals surface area (Å²) in [5.41, 5.74) is 1.71. The lowest BCUT2D eigenvalue weighted by Gasteiger charge is -2.33. The Morgan fingerprint density at radius 1 is 1.32 bits per heavy atom. The Labute approximate surface area is 163 Å². The number of nitrogens with one attached hydrogen (secondary N) is 1. The van der Waals surface area contributed by atoms with Gasteiger partial charge in [0.1, 0.15) is 0 Å². The highest BCUT2D eigenvalue weighted by atomic mass is 16.5. The molecule has 8 heteroatoms. The first kappa shape index (κ1) is 18.5. The molecule has 0 spiro atoms. The number of hydrogen-bond donors (Lipinski definition) is 1. The second kappa shape index (κ2) is 7.61. The van der Waals surface area contributed by atoms with E-state index in [0.29, 0.717) is 41.8 Å². The standard InChI is InChI=1S/C20H25N5O3/c1-13-4-3-8-25(11-13)20-22-16-7-9-24(12-15(16)18(26)23-20)19(27)14-5-6-17(28-2)21-10-14/h5-6,10,13H,3-4,7-9,11-12H2,1-2H3,(H,22,23,26)/t13-/m0/s1. The van der Waals surface area contributed by atoms with Gasteiger partial charge < -0.3 is 14.5 Å². The number of anilines is 1. The number of pyridine rings is 1. The molecule has 28 heavy (non-hydrogen) atoms. The number of H-pyrrole nitrogens is 1. The zero-order valence-electron chi connectivity index (χ0n) is 16.3. The summed E-state index contributed by atoms with van der Waals surface area (Å²) in [6, 6.07) is 3.35. The van der Waals surface area contributed by atoms with E-state index in [4.69, 9.17) is 9.72 Å².